The van der Waals surface area contributed by atoms with E-state index in [1.807, 2.05) is 0 Å². The highest BCUT2D eigenvalue weighted by Gasteiger charge is 2.08. The fraction of sp³-hybridized carbons (Fsp3) is 0.125. The van der Waals surface area contributed by atoms with E-state index >= 15 is 0 Å². The number of hydrogen-bond donors (Lipinski definition) is 2. The van der Waals surface area contributed by atoms with E-state index in [9.17, 15) is 4.79 Å². The van der Waals surface area contributed by atoms with E-state index in [0.717, 1.165) is 0 Å². The largest absolute Gasteiger partial charge is 0.478 e. The van der Waals surface area contributed by atoms with Crippen molar-refractivity contribution in [3.63, 3.8) is 0 Å². The summed E-state index contributed by atoms with van der Waals surface area (Å²) in [6.45, 7) is -0.0235. The predicted octanol–water partition coefficient (Wildman–Crippen LogP) is 0.680. The lowest BCUT2D eigenvalue weighted by molar-refractivity contribution is 0.0692. The highest BCUT2D eigenvalue weighted by molar-refractivity contribution is 5.90. The summed E-state index contributed by atoms with van der Waals surface area (Å²) in [7, 11) is 0. The van der Waals surface area contributed by atoms with Crippen LogP contribution in [0, 0.1) is 0 Å². The maximum absolute atomic E-state index is 10.6. The Morgan fingerprint density at radius 2 is 2.17 bits per heavy atom. The number of para-hydroxylation sites is 1. The zero-order chi connectivity index (χ0) is 8.97. The molecule has 1 rings (SSSR count). The lowest BCUT2D eigenvalue weighted by Gasteiger charge is -2.04. The molecule has 0 saturated carbocycles. The van der Waals surface area contributed by atoms with Crippen molar-refractivity contribution in [3.05, 3.63) is 29.8 Å². The summed E-state index contributed by atoms with van der Waals surface area (Å²) in [5.41, 5.74) is 5.24. The molecule has 0 aliphatic carbocycles. The van der Waals surface area contributed by atoms with Crippen LogP contribution in [0.2, 0.25) is 0 Å². The Morgan fingerprint density at radius 1 is 1.50 bits per heavy atom. The maximum Gasteiger partial charge on any atom is 0.339 e. The second kappa shape index (κ2) is 3.73. The molecule has 0 atom stereocenters. The minimum Gasteiger partial charge on any atom is -0.478 e. The van der Waals surface area contributed by atoms with Gasteiger partial charge in [-0.2, -0.15) is 0 Å². The van der Waals surface area contributed by atoms with Crippen molar-refractivity contribution >= 4 is 5.97 Å². The summed E-state index contributed by atoms with van der Waals surface area (Å²) in [4.78, 5) is 10.6. The molecule has 1 aromatic carbocycles. The van der Waals surface area contributed by atoms with Gasteiger partial charge >= 0.3 is 5.97 Å². The first-order chi connectivity index (χ1) is 5.75. The molecule has 64 valence electrons. The van der Waals surface area contributed by atoms with Crippen molar-refractivity contribution in [1.29, 1.82) is 0 Å². The quantitative estimate of drug-likeness (QED) is 0.649. The smallest absolute Gasteiger partial charge is 0.339 e. The summed E-state index contributed by atoms with van der Waals surface area (Å²) in [5, 5.41) is 8.67. The van der Waals surface area contributed by atoms with Crippen molar-refractivity contribution in [3.8, 4) is 5.75 Å². The first-order valence-electron chi connectivity index (χ1n) is 3.41. The molecular weight excluding hydrogens is 158 g/mol. The van der Waals surface area contributed by atoms with Crippen LogP contribution < -0.4 is 10.5 Å². The van der Waals surface area contributed by atoms with Crippen LogP contribution >= 0.6 is 0 Å². The monoisotopic (exact) mass is 167 g/mol. The molecule has 1 aromatic rings. The fourth-order valence-corrected chi connectivity index (χ4v) is 0.859. The number of carbonyl (C=O) groups is 1. The summed E-state index contributed by atoms with van der Waals surface area (Å²) in [6.07, 6.45) is 0. The second-order valence-corrected chi connectivity index (χ2v) is 2.11. The molecule has 0 aromatic heterocycles. The van der Waals surface area contributed by atoms with Crippen LogP contribution in [-0.4, -0.2) is 17.8 Å². The van der Waals surface area contributed by atoms with Gasteiger partial charge in [-0.05, 0) is 12.1 Å². The minimum absolute atomic E-state index is 0.0235. The molecule has 0 amide bonds. The Bertz CT molecular complexity index is 285. The Morgan fingerprint density at radius 3 is 2.75 bits per heavy atom. The van der Waals surface area contributed by atoms with Crippen molar-refractivity contribution in [2.75, 3.05) is 6.73 Å². The zero-order valence-corrected chi connectivity index (χ0v) is 6.36. The number of ether oxygens (including phenoxy) is 1. The maximum atomic E-state index is 10.6. The lowest BCUT2D eigenvalue weighted by Crippen LogP contribution is -2.10. The van der Waals surface area contributed by atoms with Gasteiger partial charge in [-0.1, -0.05) is 12.1 Å². The van der Waals surface area contributed by atoms with Gasteiger partial charge < -0.3 is 9.84 Å². The molecule has 0 bridgehead atoms. The van der Waals surface area contributed by atoms with Gasteiger partial charge in [-0.25, -0.2) is 4.79 Å². The van der Waals surface area contributed by atoms with Crippen LogP contribution in [0.4, 0.5) is 0 Å². The van der Waals surface area contributed by atoms with Crippen molar-refractivity contribution in [1.82, 2.24) is 0 Å². The van der Waals surface area contributed by atoms with Gasteiger partial charge in [0.1, 0.15) is 18.0 Å². The van der Waals surface area contributed by atoms with E-state index in [-0.39, 0.29) is 12.3 Å². The third-order valence-corrected chi connectivity index (χ3v) is 1.36. The SMILES string of the molecule is NCOc1ccccc1C(=O)O. The molecular formula is C8H9NO3. The van der Waals surface area contributed by atoms with Gasteiger partial charge in [-0.15, -0.1) is 0 Å². The van der Waals surface area contributed by atoms with Crippen LogP contribution in [0.5, 0.6) is 5.75 Å². The summed E-state index contributed by atoms with van der Waals surface area (Å²) in [6, 6.07) is 6.36. The Hall–Kier alpha value is -1.55. The first-order valence-corrected chi connectivity index (χ1v) is 3.41. The minimum atomic E-state index is -1.01. The number of aromatic carboxylic acids is 1. The van der Waals surface area contributed by atoms with Gasteiger partial charge in [0.15, 0.2) is 0 Å². The Balaban J connectivity index is 3.00. The molecule has 4 nitrogen and oxygen atoms in total. The van der Waals surface area contributed by atoms with E-state index in [0.29, 0.717) is 5.75 Å². The van der Waals surface area contributed by atoms with Crippen molar-refractivity contribution in [2.24, 2.45) is 5.73 Å². The van der Waals surface area contributed by atoms with Crippen LogP contribution in [0.15, 0.2) is 24.3 Å². The molecule has 0 heterocycles. The topological polar surface area (TPSA) is 72.5 Å². The third-order valence-electron chi connectivity index (χ3n) is 1.36. The number of carboxylic acids is 1. The van der Waals surface area contributed by atoms with E-state index in [1.165, 1.54) is 6.07 Å². The molecule has 0 aliphatic heterocycles. The average molecular weight is 167 g/mol. The Kier molecular flexibility index (Phi) is 2.66. The van der Waals surface area contributed by atoms with Gasteiger partial charge in [0.05, 0.1) is 0 Å². The third kappa shape index (κ3) is 1.73. The fourth-order valence-electron chi connectivity index (χ4n) is 0.859. The molecule has 3 N–H and O–H groups in total. The number of carboxylic acid groups (broad SMARTS) is 1. The van der Waals surface area contributed by atoms with Crippen LogP contribution in [0.3, 0.4) is 0 Å². The van der Waals surface area contributed by atoms with E-state index in [1.54, 1.807) is 18.2 Å². The van der Waals surface area contributed by atoms with E-state index in [4.69, 9.17) is 15.6 Å². The average Bonchev–Trinajstić information content (AvgIpc) is 2.05. The van der Waals surface area contributed by atoms with Gasteiger partial charge in [0, 0.05) is 0 Å². The first kappa shape index (κ1) is 8.55. The van der Waals surface area contributed by atoms with Crippen molar-refractivity contribution in [2.45, 2.75) is 0 Å². The molecule has 0 fully saturated rings. The number of nitrogens with two attached hydrogens (primary N) is 1. The molecule has 0 aliphatic rings. The molecule has 0 radical (unpaired) electrons. The molecule has 12 heavy (non-hydrogen) atoms. The summed E-state index contributed by atoms with van der Waals surface area (Å²) < 4.78 is 4.90. The number of rotatable bonds is 3. The number of hydrogen-bond acceptors (Lipinski definition) is 3. The summed E-state index contributed by atoms with van der Waals surface area (Å²) in [5.74, 6) is -0.716. The highest BCUT2D eigenvalue weighted by atomic mass is 16.5. The molecule has 0 spiro atoms. The summed E-state index contributed by atoms with van der Waals surface area (Å²) >= 11 is 0. The standard InChI is InChI=1S/C8H9NO3/c9-5-12-7-4-2-1-3-6(7)8(10)11/h1-4H,5,9H2,(H,10,11). The van der Waals surface area contributed by atoms with Crippen molar-refractivity contribution < 1.29 is 14.6 Å². The van der Waals surface area contributed by atoms with E-state index in [2.05, 4.69) is 0 Å². The Labute approximate surface area is 69.6 Å². The normalized spacial score (nSPS) is 9.42. The molecule has 0 saturated heterocycles. The zero-order valence-electron chi connectivity index (χ0n) is 6.36. The van der Waals surface area contributed by atoms with Gasteiger partial charge in [0.2, 0.25) is 0 Å². The van der Waals surface area contributed by atoms with E-state index < -0.39 is 5.97 Å². The molecule has 4 heteroatoms. The van der Waals surface area contributed by atoms with Gasteiger partial charge in [-0.3, -0.25) is 5.73 Å². The predicted molar refractivity (Wildman–Crippen MR) is 43.1 cm³/mol. The van der Waals surface area contributed by atoms with Crippen LogP contribution in [-0.2, 0) is 0 Å². The van der Waals surface area contributed by atoms with Gasteiger partial charge in [0.25, 0.3) is 0 Å². The van der Waals surface area contributed by atoms with Crippen LogP contribution in [0.25, 0.3) is 0 Å². The highest BCUT2D eigenvalue weighted by Crippen LogP contribution is 2.16. The second-order valence-electron chi connectivity index (χ2n) is 2.11. The number of benzene rings is 1. The van der Waals surface area contributed by atoms with Crippen LogP contribution in [0.1, 0.15) is 10.4 Å². The lowest BCUT2D eigenvalue weighted by atomic mass is 10.2. The molecule has 0 unspecified atom stereocenters.